The maximum atomic E-state index is 9.38. The van der Waals surface area contributed by atoms with Crippen LogP contribution in [0.15, 0.2) is 12.7 Å². The van der Waals surface area contributed by atoms with E-state index in [1.165, 1.54) is 0 Å². The lowest BCUT2D eigenvalue weighted by Crippen LogP contribution is -2.24. The van der Waals surface area contributed by atoms with Crippen LogP contribution >= 0.6 is 0 Å². The average molecular weight is 172 g/mol. The molecule has 1 N–H and O–H groups in total. The van der Waals surface area contributed by atoms with Gasteiger partial charge in [-0.2, -0.15) is 0 Å². The zero-order valence-corrected chi connectivity index (χ0v) is 8.34. The molecule has 1 atom stereocenters. The molecule has 0 rings (SSSR count). The molecule has 0 aromatic heterocycles. The van der Waals surface area contributed by atoms with E-state index in [0.29, 0.717) is 6.42 Å². The summed E-state index contributed by atoms with van der Waals surface area (Å²) in [5, 5.41) is 9.38. The summed E-state index contributed by atoms with van der Waals surface area (Å²) in [4.78, 5) is 0. The van der Waals surface area contributed by atoms with E-state index in [9.17, 15) is 5.11 Å². The lowest BCUT2D eigenvalue weighted by atomic mass is 9.99. The van der Waals surface area contributed by atoms with Crippen LogP contribution in [0.4, 0.5) is 0 Å². The summed E-state index contributed by atoms with van der Waals surface area (Å²) in [5.74, 6) is 0. The summed E-state index contributed by atoms with van der Waals surface area (Å²) in [5.41, 5.74) is -0.123. The number of aliphatic hydroxyl groups excluding tert-OH is 1. The van der Waals surface area contributed by atoms with Gasteiger partial charge >= 0.3 is 0 Å². The van der Waals surface area contributed by atoms with Crippen molar-refractivity contribution in [3.05, 3.63) is 12.7 Å². The molecule has 0 radical (unpaired) electrons. The van der Waals surface area contributed by atoms with E-state index in [0.717, 1.165) is 12.8 Å². The molecule has 0 aliphatic heterocycles. The van der Waals surface area contributed by atoms with Gasteiger partial charge in [0.15, 0.2) is 0 Å². The Morgan fingerprint density at radius 1 is 1.58 bits per heavy atom. The molecule has 2 heteroatoms. The van der Waals surface area contributed by atoms with E-state index in [4.69, 9.17) is 4.74 Å². The molecule has 0 aromatic carbocycles. The van der Waals surface area contributed by atoms with Crippen molar-refractivity contribution in [1.29, 1.82) is 0 Å². The maximum Gasteiger partial charge on any atom is 0.0623 e. The van der Waals surface area contributed by atoms with E-state index in [-0.39, 0.29) is 11.7 Å². The highest BCUT2D eigenvalue weighted by atomic mass is 16.5. The van der Waals surface area contributed by atoms with Gasteiger partial charge in [0, 0.05) is 7.11 Å². The van der Waals surface area contributed by atoms with Crippen LogP contribution in [0.1, 0.15) is 33.1 Å². The van der Waals surface area contributed by atoms with Gasteiger partial charge in [-0.3, -0.25) is 0 Å². The van der Waals surface area contributed by atoms with Crippen molar-refractivity contribution in [2.75, 3.05) is 7.11 Å². The summed E-state index contributed by atoms with van der Waals surface area (Å²) < 4.78 is 5.23. The molecule has 0 saturated heterocycles. The monoisotopic (exact) mass is 172 g/mol. The number of methoxy groups -OCH3 is 1. The summed E-state index contributed by atoms with van der Waals surface area (Å²) in [6.07, 6.45) is 3.78. The van der Waals surface area contributed by atoms with Crippen LogP contribution in [0, 0.1) is 0 Å². The van der Waals surface area contributed by atoms with Crippen LogP contribution < -0.4 is 0 Å². The van der Waals surface area contributed by atoms with Gasteiger partial charge < -0.3 is 9.84 Å². The Balaban J connectivity index is 3.59. The van der Waals surface area contributed by atoms with Gasteiger partial charge in [0.2, 0.25) is 0 Å². The molecule has 0 aromatic rings. The molecule has 0 spiro atoms. The Morgan fingerprint density at radius 2 is 2.17 bits per heavy atom. The Bertz CT molecular complexity index is 130. The topological polar surface area (TPSA) is 29.5 Å². The summed E-state index contributed by atoms with van der Waals surface area (Å²) in [6, 6.07) is 0. The van der Waals surface area contributed by atoms with Crippen molar-refractivity contribution in [2.24, 2.45) is 0 Å². The summed E-state index contributed by atoms with van der Waals surface area (Å²) >= 11 is 0. The zero-order chi connectivity index (χ0) is 9.61. The molecule has 72 valence electrons. The lowest BCUT2D eigenvalue weighted by Gasteiger charge is -2.23. The SMILES string of the molecule is C=CCC(O)CCC(C)(C)OC. The molecule has 1 unspecified atom stereocenters. The third-order valence-electron chi connectivity index (χ3n) is 2.07. The van der Waals surface area contributed by atoms with Gasteiger partial charge in [-0.05, 0) is 33.1 Å². The molecule has 0 saturated carbocycles. The molecule has 0 fully saturated rings. The first kappa shape index (κ1) is 11.7. The number of ether oxygens (including phenoxy) is 1. The minimum Gasteiger partial charge on any atom is -0.393 e. The molecule has 0 amide bonds. The number of aliphatic hydroxyl groups is 1. The van der Waals surface area contributed by atoms with Crippen molar-refractivity contribution in [3.8, 4) is 0 Å². The molecular formula is C10H20O2. The first-order valence-corrected chi connectivity index (χ1v) is 4.36. The van der Waals surface area contributed by atoms with Crippen molar-refractivity contribution < 1.29 is 9.84 Å². The van der Waals surface area contributed by atoms with Gasteiger partial charge in [0.1, 0.15) is 0 Å². The maximum absolute atomic E-state index is 9.38. The minimum absolute atomic E-state index is 0.123. The van der Waals surface area contributed by atoms with E-state index in [1.807, 2.05) is 13.8 Å². The smallest absolute Gasteiger partial charge is 0.0623 e. The van der Waals surface area contributed by atoms with Crippen molar-refractivity contribution in [2.45, 2.75) is 44.8 Å². The van der Waals surface area contributed by atoms with E-state index in [1.54, 1.807) is 13.2 Å². The summed E-state index contributed by atoms with van der Waals surface area (Å²) in [7, 11) is 1.69. The van der Waals surface area contributed by atoms with Gasteiger partial charge in [0.05, 0.1) is 11.7 Å². The largest absolute Gasteiger partial charge is 0.393 e. The average Bonchev–Trinajstić information content (AvgIpc) is 2.02. The minimum atomic E-state index is -0.267. The second-order valence-corrected chi connectivity index (χ2v) is 3.68. The fraction of sp³-hybridized carbons (Fsp3) is 0.800. The Hall–Kier alpha value is -0.340. The molecule has 0 aliphatic rings. The van der Waals surface area contributed by atoms with Crippen LogP contribution in [-0.2, 0) is 4.74 Å². The second kappa shape index (κ2) is 5.33. The Morgan fingerprint density at radius 3 is 2.58 bits per heavy atom. The Kier molecular flexibility index (Phi) is 5.18. The first-order valence-electron chi connectivity index (χ1n) is 4.36. The van der Waals surface area contributed by atoms with E-state index >= 15 is 0 Å². The quantitative estimate of drug-likeness (QED) is 0.622. The molecule has 12 heavy (non-hydrogen) atoms. The highest BCUT2D eigenvalue weighted by Gasteiger charge is 2.17. The molecule has 0 heterocycles. The van der Waals surface area contributed by atoms with E-state index < -0.39 is 0 Å². The van der Waals surface area contributed by atoms with Crippen LogP contribution in [-0.4, -0.2) is 23.9 Å². The molecule has 2 nitrogen and oxygen atoms in total. The van der Waals surface area contributed by atoms with Gasteiger partial charge in [-0.25, -0.2) is 0 Å². The predicted octanol–water partition coefficient (Wildman–Crippen LogP) is 2.13. The zero-order valence-electron chi connectivity index (χ0n) is 8.34. The molecule has 0 bridgehead atoms. The highest BCUT2D eigenvalue weighted by molar-refractivity contribution is 4.75. The summed E-state index contributed by atoms with van der Waals surface area (Å²) in [6.45, 7) is 7.62. The van der Waals surface area contributed by atoms with Gasteiger partial charge in [-0.1, -0.05) is 6.08 Å². The molecular weight excluding hydrogens is 152 g/mol. The van der Waals surface area contributed by atoms with Crippen LogP contribution in [0.5, 0.6) is 0 Å². The number of hydrogen-bond acceptors (Lipinski definition) is 2. The third kappa shape index (κ3) is 5.33. The van der Waals surface area contributed by atoms with Crippen molar-refractivity contribution in [1.82, 2.24) is 0 Å². The van der Waals surface area contributed by atoms with Crippen LogP contribution in [0.3, 0.4) is 0 Å². The Labute approximate surface area is 75.2 Å². The normalized spacial score (nSPS) is 14.3. The fourth-order valence-electron chi connectivity index (χ4n) is 0.927. The predicted molar refractivity (Wildman–Crippen MR) is 51.1 cm³/mol. The first-order chi connectivity index (χ1) is 5.52. The second-order valence-electron chi connectivity index (χ2n) is 3.68. The number of rotatable bonds is 6. The molecule has 0 aliphatic carbocycles. The van der Waals surface area contributed by atoms with E-state index in [2.05, 4.69) is 6.58 Å². The highest BCUT2D eigenvalue weighted by Crippen LogP contribution is 2.17. The van der Waals surface area contributed by atoms with Crippen molar-refractivity contribution in [3.63, 3.8) is 0 Å². The van der Waals surface area contributed by atoms with Gasteiger partial charge in [-0.15, -0.1) is 6.58 Å². The van der Waals surface area contributed by atoms with Crippen molar-refractivity contribution >= 4 is 0 Å². The van der Waals surface area contributed by atoms with Crippen LogP contribution in [0.2, 0.25) is 0 Å². The fourth-order valence-corrected chi connectivity index (χ4v) is 0.927. The standard InChI is InChI=1S/C10H20O2/c1-5-6-9(11)7-8-10(2,3)12-4/h5,9,11H,1,6-8H2,2-4H3. The van der Waals surface area contributed by atoms with Crippen LogP contribution in [0.25, 0.3) is 0 Å². The lowest BCUT2D eigenvalue weighted by molar-refractivity contribution is 0.00330. The van der Waals surface area contributed by atoms with Gasteiger partial charge in [0.25, 0.3) is 0 Å². The number of hydrogen-bond donors (Lipinski definition) is 1. The third-order valence-corrected chi connectivity index (χ3v) is 2.07.